The molecule has 0 saturated heterocycles. The van der Waals surface area contributed by atoms with E-state index in [0.717, 1.165) is 28.0 Å². The SMILES string of the molecule is O=C(O)c1cccc2ccccc12.O=C(O)c1cccc2ccccc12.[C-]1=CC=CC1.[CH2]=[Ti+2].c1ccc2[cH-]ccc2c1. The second-order valence-corrected chi connectivity index (χ2v) is 8.82. The molecule has 0 atom stereocenters. The first-order chi connectivity index (χ1) is 20.5. The fourth-order valence-electron chi connectivity index (χ4n) is 4.23. The van der Waals surface area contributed by atoms with E-state index in [1.165, 1.54) is 10.8 Å². The van der Waals surface area contributed by atoms with Crippen LogP contribution < -0.4 is 0 Å². The maximum absolute atomic E-state index is 10.8. The Morgan fingerprint density at radius 3 is 1.55 bits per heavy atom. The monoisotopic (exact) mass is 586 g/mol. The fourth-order valence-corrected chi connectivity index (χ4v) is 4.23. The predicted molar refractivity (Wildman–Crippen MR) is 170 cm³/mol. The number of hydrogen-bond acceptors (Lipinski definition) is 2. The summed E-state index contributed by atoms with van der Waals surface area (Å²) in [6, 6.07) is 40.1. The van der Waals surface area contributed by atoms with Gasteiger partial charge in [0.25, 0.3) is 0 Å². The molecular formula is C37H30O4Ti. The molecule has 0 aliphatic heterocycles. The van der Waals surface area contributed by atoms with Gasteiger partial charge in [-0.25, -0.2) is 21.7 Å². The minimum Gasteiger partial charge on any atom is -0.168 e. The van der Waals surface area contributed by atoms with Crippen LogP contribution in [0.25, 0.3) is 32.3 Å². The number of benzene rings is 5. The van der Waals surface area contributed by atoms with E-state index < -0.39 is 11.9 Å². The van der Waals surface area contributed by atoms with Crippen molar-refractivity contribution in [2.24, 2.45) is 0 Å². The summed E-state index contributed by atoms with van der Waals surface area (Å²) in [5.41, 5.74) is 0.719. The maximum Gasteiger partial charge on any atom is -0.0809 e. The number of hydrogen-bond donors (Lipinski definition) is 2. The molecule has 6 aromatic carbocycles. The van der Waals surface area contributed by atoms with Gasteiger partial charge in [0.2, 0.25) is 0 Å². The third-order valence-corrected chi connectivity index (χ3v) is 6.17. The first-order valence-electron chi connectivity index (χ1n) is 13.1. The molecule has 1 aliphatic carbocycles. The van der Waals surface area contributed by atoms with Gasteiger partial charge in [0.15, 0.2) is 0 Å². The molecule has 4 nitrogen and oxygen atoms in total. The number of carbonyl (C=O) groups is 2. The average Bonchev–Trinajstić information content (AvgIpc) is 3.78. The van der Waals surface area contributed by atoms with Gasteiger partial charge >= 0.3 is 36.7 Å². The summed E-state index contributed by atoms with van der Waals surface area (Å²) in [5.74, 6) is -1.76. The van der Waals surface area contributed by atoms with Gasteiger partial charge < -0.3 is 10.2 Å². The van der Waals surface area contributed by atoms with Crippen LogP contribution in [0.4, 0.5) is 0 Å². The van der Waals surface area contributed by atoms with Crippen LogP contribution in [-0.2, 0) is 20.0 Å². The molecule has 0 saturated carbocycles. The maximum atomic E-state index is 10.8. The number of rotatable bonds is 2. The van der Waals surface area contributed by atoms with Crippen molar-refractivity contribution >= 4 is 49.1 Å². The summed E-state index contributed by atoms with van der Waals surface area (Å²) < 4.78 is 0. The standard InChI is InChI=1S/2C11H8O2.C9H7.C5H5.CH2.Ti/c2*12-11(13)10-7-3-5-8-4-1-2-6-9(8)10;1-2-5-9-7-3-6-8(9)4-1;1-2-4-5-3-1;;/h2*1-7H,(H,12,13);1-7H;1-3H,4H2;1H2;/q;;2*-1;;+2. The van der Waals surface area contributed by atoms with Crippen LogP contribution in [0.5, 0.6) is 0 Å². The first-order valence-corrected chi connectivity index (χ1v) is 14.2. The van der Waals surface area contributed by atoms with E-state index in [1.807, 2.05) is 72.8 Å². The van der Waals surface area contributed by atoms with Gasteiger partial charge in [0, 0.05) is 0 Å². The Balaban J connectivity index is 0.000000157. The summed E-state index contributed by atoms with van der Waals surface area (Å²) in [7, 11) is 0. The van der Waals surface area contributed by atoms with E-state index >= 15 is 0 Å². The molecule has 6 aromatic rings. The van der Waals surface area contributed by atoms with Gasteiger partial charge in [0.05, 0.1) is 11.1 Å². The minimum atomic E-state index is -0.878. The van der Waals surface area contributed by atoms with Crippen molar-refractivity contribution in [1.82, 2.24) is 0 Å². The Morgan fingerprint density at radius 2 is 1.12 bits per heavy atom. The summed E-state index contributed by atoms with van der Waals surface area (Å²) in [6.45, 7) is 0. The molecular weight excluding hydrogens is 556 g/mol. The van der Waals surface area contributed by atoms with Gasteiger partial charge in [-0.3, -0.25) is 6.08 Å². The molecule has 2 N–H and O–H groups in total. The molecule has 0 amide bonds. The smallest absolute Gasteiger partial charge is 0.0809 e. The number of aromatic carboxylic acids is 2. The molecule has 0 bridgehead atoms. The van der Waals surface area contributed by atoms with Crippen molar-refractivity contribution < 1.29 is 39.8 Å². The molecule has 7 rings (SSSR count). The van der Waals surface area contributed by atoms with Crippen LogP contribution in [0.15, 0.2) is 146 Å². The molecule has 0 fully saturated rings. The van der Waals surface area contributed by atoms with Crippen molar-refractivity contribution in [2.75, 3.05) is 0 Å². The van der Waals surface area contributed by atoms with E-state index in [9.17, 15) is 9.59 Å². The zero-order valence-electron chi connectivity index (χ0n) is 23.0. The van der Waals surface area contributed by atoms with E-state index in [2.05, 4.69) is 59.4 Å². The Hall–Kier alpha value is -4.77. The van der Waals surface area contributed by atoms with Crippen LogP contribution in [-0.4, -0.2) is 27.0 Å². The quantitative estimate of drug-likeness (QED) is 0.157. The molecule has 0 unspecified atom stereocenters. The fraction of sp³-hybridized carbons (Fsp3) is 0.0270. The summed E-state index contributed by atoms with van der Waals surface area (Å²) in [4.78, 5) is 24.9. The van der Waals surface area contributed by atoms with Crippen molar-refractivity contribution in [3.8, 4) is 0 Å². The van der Waals surface area contributed by atoms with Gasteiger partial charge in [-0.2, -0.15) is 23.6 Å². The van der Waals surface area contributed by atoms with Crippen LogP contribution in [0, 0.1) is 6.08 Å². The number of carboxylic acids is 2. The summed E-state index contributed by atoms with van der Waals surface area (Å²) in [5, 5.41) is 23.9. The Bertz CT molecular complexity index is 1670. The second-order valence-electron chi connectivity index (χ2n) is 8.82. The largest absolute Gasteiger partial charge is 0.168 e. The van der Waals surface area contributed by atoms with Crippen molar-refractivity contribution in [3.63, 3.8) is 0 Å². The van der Waals surface area contributed by atoms with E-state index in [-0.39, 0.29) is 0 Å². The molecule has 0 heterocycles. The number of carboxylic acid groups (broad SMARTS) is 2. The van der Waals surface area contributed by atoms with Crippen LogP contribution in [0.2, 0.25) is 0 Å². The van der Waals surface area contributed by atoms with E-state index in [1.54, 1.807) is 44.2 Å². The van der Waals surface area contributed by atoms with Gasteiger partial charge in [-0.15, -0.1) is 36.1 Å². The van der Waals surface area contributed by atoms with E-state index in [4.69, 9.17) is 10.2 Å². The summed E-state index contributed by atoms with van der Waals surface area (Å²) >= 11 is 1.75. The Labute approximate surface area is 257 Å². The Morgan fingerprint density at radius 1 is 0.643 bits per heavy atom. The molecule has 42 heavy (non-hydrogen) atoms. The third-order valence-electron chi connectivity index (χ3n) is 6.17. The molecule has 1 aliphatic rings. The van der Waals surface area contributed by atoms with E-state index in [0.29, 0.717) is 11.1 Å². The number of fused-ring (bicyclic) bond motifs is 3. The molecule has 5 heteroatoms. The number of allylic oxidation sites excluding steroid dienone is 4. The minimum absolute atomic E-state index is 0.359. The summed E-state index contributed by atoms with van der Waals surface area (Å²) in [6.07, 6.45) is 10.0. The zero-order chi connectivity index (χ0) is 30.2. The van der Waals surface area contributed by atoms with Crippen molar-refractivity contribution in [2.45, 2.75) is 6.42 Å². The van der Waals surface area contributed by atoms with Crippen molar-refractivity contribution in [1.29, 1.82) is 0 Å². The second kappa shape index (κ2) is 17.1. The van der Waals surface area contributed by atoms with Crippen LogP contribution >= 0.6 is 0 Å². The van der Waals surface area contributed by atoms with Gasteiger partial charge in [0.1, 0.15) is 0 Å². The Kier molecular flexibility index (Phi) is 13.0. The van der Waals surface area contributed by atoms with Crippen LogP contribution in [0.3, 0.4) is 0 Å². The predicted octanol–water partition coefficient (Wildman–Crippen LogP) is 8.91. The third kappa shape index (κ3) is 9.13. The molecule has 0 aromatic heterocycles. The topological polar surface area (TPSA) is 74.6 Å². The van der Waals surface area contributed by atoms with Gasteiger partial charge in [-0.05, 0) is 33.7 Å². The van der Waals surface area contributed by atoms with Gasteiger partial charge in [-0.1, -0.05) is 78.9 Å². The molecule has 0 radical (unpaired) electrons. The first kappa shape index (κ1) is 31.8. The molecule has 206 valence electrons. The normalized spacial score (nSPS) is 10.7. The average molecular weight is 587 g/mol. The van der Waals surface area contributed by atoms with Crippen molar-refractivity contribution in [3.05, 3.63) is 163 Å². The zero-order valence-corrected chi connectivity index (χ0v) is 24.5. The molecule has 0 spiro atoms. The van der Waals surface area contributed by atoms with Crippen LogP contribution in [0.1, 0.15) is 27.1 Å².